The van der Waals surface area contributed by atoms with E-state index in [9.17, 15) is 4.57 Å². The van der Waals surface area contributed by atoms with Crippen LogP contribution in [-0.4, -0.2) is 18.5 Å². The third kappa shape index (κ3) is 8.08. The van der Waals surface area contributed by atoms with E-state index in [1.807, 2.05) is 0 Å². The van der Waals surface area contributed by atoms with Crippen molar-refractivity contribution in [1.29, 1.82) is 0 Å². The van der Waals surface area contributed by atoms with Crippen LogP contribution in [0.1, 0.15) is 65.7 Å². The first-order chi connectivity index (χ1) is 7.18. The van der Waals surface area contributed by atoms with Crippen LogP contribution in [-0.2, 0) is 4.57 Å². The molecule has 0 heterocycles. The lowest BCUT2D eigenvalue weighted by Crippen LogP contribution is -1.95. The van der Waals surface area contributed by atoms with Gasteiger partial charge in [-0.25, -0.2) is 0 Å². The minimum absolute atomic E-state index is 0.902. The maximum absolute atomic E-state index is 12.1. The zero-order chi connectivity index (χ0) is 11.6. The first-order valence-electron chi connectivity index (χ1n) is 6.75. The summed E-state index contributed by atoms with van der Waals surface area (Å²) in [5, 5.41) is 0. The molecule has 0 aliphatic rings. The van der Waals surface area contributed by atoms with Gasteiger partial charge in [0.2, 0.25) is 0 Å². The highest BCUT2D eigenvalue weighted by atomic mass is 31.2. The number of hydrogen-bond acceptors (Lipinski definition) is 1. The first-order valence-corrected chi connectivity index (χ1v) is 9.02. The minimum atomic E-state index is -1.74. The van der Waals surface area contributed by atoms with Crippen LogP contribution in [0.5, 0.6) is 0 Å². The number of hydrogen-bond donors (Lipinski definition) is 0. The van der Waals surface area contributed by atoms with Crippen LogP contribution in [0.3, 0.4) is 0 Å². The van der Waals surface area contributed by atoms with Crippen LogP contribution in [0, 0.1) is 0 Å². The fourth-order valence-corrected chi connectivity index (χ4v) is 3.78. The predicted octanol–water partition coefficient (Wildman–Crippen LogP) is 5.14. The SMILES string of the molecule is CCCCCCCCCP(=O)(CC)CC. The number of unbranched alkanes of at least 4 members (excludes halogenated alkanes) is 6. The molecule has 0 N–H and O–H groups in total. The van der Waals surface area contributed by atoms with Crippen LogP contribution in [0.25, 0.3) is 0 Å². The summed E-state index contributed by atoms with van der Waals surface area (Å²) < 4.78 is 12.1. The van der Waals surface area contributed by atoms with Gasteiger partial charge in [-0.3, -0.25) is 0 Å². The molecule has 0 aromatic heterocycles. The minimum Gasteiger partial charge on any atom is -0.324 e. The van der Waals surface area contributed by atoms with Crippen molar-refractivity contribution in [2.75, 3.05) is 18.5 Å². The van der Waals surface area contributed by atoms with Crippen LogP contribution >= 0.6 is 7.14 Å². The molecule has 15 heavy (non-hydrogen) atoms. The van der Waals surface area contributed by atoms with E-state index in [2.05, 4.69) is 20.8 Å². The topological polar surface area (TPSA) is 17.1 Å². The molecule has 0 aliphatic carbocycles. The predicted molar refractivity (Wildman–Crippen MR) is 71.5 cm³/mol. The highest BCUT2D eigenvalue weighted by molar-refractivity contribution is 7.63. The molecule has 0 rings (SSSR count). The van der Waals surface area contributed by atoms with Gasteiger partial charge in [-0.05, 0) is 18.7 Å². The molecule has 0 spiro atoms. The Morgan fingerprint density at radius 2 is 1.20 bits per heavy atom. The van der Waals surface area contributed by atoms with Gasteiger partial charge in [0, 0.05) is 6.16 Å². The van der Waals surface area contributed by atoms with Crippen LogP contribution in [0.4, 0.5) is 0 Å². The molecule has 1 nitrogen and oxygen atoms in total. The summed E-state index contributed by atoms with van der Waals surface area (Å²) in [4.78, 5) is 0. The number of rotatable bonds is 10. The van der Waals surface area contributed by atoms with Gasteiger partial charge in [-0.1, -0.05) is 59.3 Å². The Labute approximate surface area is 96.4 Å². The second-order valence-electron chi connectivity index (χ2n) is 4.54. The summed E-state index contributed by atoms with van der Waals surface area (Å²) in [6.07, 6.45) is 12.1. The fourth-order valence-electron chi connectivity index (χ4n) is 1.90. The second kappa shape index (κ2) is 9.46. The van der Waals surface area contributed by atoms with E-state index in [0.717, 1.165) is 18.5 Å². The van der Waals surface area contributed by atoms with E-state index in [4.69, 9.17) is 0 Å². The molecule has 0 aliphatic heterocycles. The molecule has 0 bridgehead atoms. The zero-order valence-corrected chi connectivity index (χ0v) is 11.8. The van der Waals surface area contributed by atoms with Gasteiger partial charge >= 0.3 is 0 Å². The van der Waals surface area contributed by atoms with Gasteiger partial charge in [0.05, 0.1) is 7.14 Å². The lowest BCUT2D eigenvalue weighted by molar-refractivity contribution is 0.567. The van der Waals surface area contributed by atoms with Gasteiger partial charge in [0.1, 0.15) is 0 Å². The molecule has 2 heteroatoms. The zero-order valence-electron chi connectivity index (χ0n) is 10.9. The largest absolute Gasteiger partial charge is 0.324 e. The highest BCUT2D eigenvalue weighted by Gasteiger charge is 2.15. The lowest BCUT2D eigenvalue weighted by Gasteiger charge is -2.13. The molecule has 0 atom stereocenters. The molecule has 0 aromatic carbocycles. The van der Waals surface area contributed by atoms with Crippen molar-refractivity contribution in [1.82, 2.24) is 0 Å². The average molecular weight is 232 g/mol. The van der Waals surface area contributed by atoms with Crippen molar-refractivity contribution in [3.05, 3.63) is 0 Å². The van der Waals surface area contributed by atoms with E-state index in [1.54, 1.807) is 0 Å². The van der Waals surface area contributed by atoms with Crippen molar-refractivity contribution in [2.45, 2.75) is 65.7 Å². The summed E-state index contributed by atoms with van der Waals surface area (Å²) >= 11 is 0. The molecule has 0 amide bonds. The second-order valence-corrected chi connectivity index (χ2v) is 8.36. The Hall–Kier alpha value is 0.230. The van der Waals surface area contributed by atoms with Crippen molar-refractivity contribution in [3.63, 3.8) is 0 Å². The molecule has 0 unspecified atom stereocenters. The van der Waals surface area contributed by atoms with E-state index in [1.165, 1.54) is 44.9 Å². The fraction of sp³-hybridized carbons (Fsp3) is 1.00. The van der Waals surface area contributed by atoms with Crippen molar-refractivity contribution in [2.24, 2.45) is 0 Å². The summed E-state index contributed by atoms with van der Waals surface area (Å²) in [6, 6.07) is 0. The lowest BCUT2D eigenvalue weighted by atomic mass is 10.1. The highest BCUT2D eigenvalue weighted by Crippen LogP contribution is 2.45. The molecular weight excluding hydrogens is 203 g/mol. The average Bonchev–Trinajstić information content (AvgIpc) is 2.27. The van der Waals surface area contributed by atoms with E-state index in [0.29, 0.717) is 0 Å². The Morgan fingerprint density at radius 3 is 1.67 bits per heavy atom. The van der Waals surface area contributed by atoms with Gasteiger partial charge in [0.25, 0.3) is 0 Å². The summed E-state index contributed by atoms with van der Waals surface area (Å²) in [5.41, 5.74) is 0. The standard InChI is InChI=1S/C13H29OP/c1-4-7-8-9-10-11-12-13-15(14,5-2)6-3/h4-13H2,1-3H3. The molecule has 0 aromatic rings. The third-order valence-electron chi connectivity index (χ3n) is 3.32. The van der Waals surface area contributed by atoms with Gasteiger partial charge < -0.3 is 4.57 Å². The van der Waals surface area contributed by atoms with Crippen molar-refractivity contribution < 1.29 is 4.57 Å². The summed E-state index contributed by atoms with van der Waals surface area (Å²) in [5.74, 6) is 0. The maximum Gasteiger partial charge on any atom is 0.0872 e. The molecular formula is C13H29OP. The quantitative estimate of drug-likeness (QED) is 0.376. The van der Waals surface area contributed by atoms with E-state index < -0.39 is 7.14 Å². The smallest absolute Gasteiger partial charge is 0.0872 e. The summed E-state index contributed by atoms with van der Waals surface area (Å²) in [7, 11) is -1.74. The third-order valence-corrected chi connectivity index (χ3v) is 6.76. The summed E-state index contributed by atoms with van der Waals surface area (Å²) in [6.45, 7) is 6.40. The van der Waals surface area contributed by atoms with Crippen molar-refractivity contribution in [3.8, 4) is 0 Å². The molecule has 0 radical (unpaired) electrons. The Kier molecular flexibility index (Phi) is 9.60. The molecule has 0 fully saturated rings. The van der Waals surface area contributed by atoms with E-state index >= 15 is 0 Å². The molecule has 92 valence electrons. The Morgan fingerprint density at radius 1 is 0.733 bits per heavy atom. The monoisotopic (exact) mass is 232 g/mol. The Bertz CT molecular complexity index is 169. The molecule has 0 saturated carbocycles. The maximum atomic E-state index is 12.1. The van der Waals surface area contributed by atoms with Gasteiger partial charge in [-0.15, -0.1) is 0 Å². The van der Waals surface area contributed by atoms with Crippen LogP contribution in [0.2, 0.25) is 0 Å². The van der Waals surface area contributed by atoms with Crippen molar-refractivity contribution >= 4 is 7.14 Å². The van der Waals surface area contributed by atoms with Crippen LogP contribution in [0.15, 0.2) is 0 Å². The van der Waals surface area contributed by atoms with Gasteiger partial charge in [-0.2, -0.15) is 0 Å². The normalized spacial score (nSPS) is 11.9. The molecule has 0 saturated heterocycles. The van der Waals surface area contributed by atoms with E-state index in [-0.39, 0.29) is 0 Å². The van der Waals surface area contributed by atoms with Crippen LogP contribution < -0.4 is 0 Å². The first kappa shape index (κ1) is 15.2. The Balaban J connectivity index is 3.34. The van der Waals surface area contributed by atoms with Gasteiger partial charge in [0.15, 0.2) is 0 Å².